The Hall–Kier alpha value is -2.55. The number of nitrogens with zero attached hydrogens (tertiary/aromatic N) is 2. The summed E-state index contributed by atoms with van der Waals surface area (Å²) in [6.45, 7) is 1.44. The average molecular weight is 328 g/mol. The van der Waals surface area contributed by atoms with Crippen LogP contribution in [0.4, 0.5) is 0 Å². The Kier molecular flexibility index (Phi) is 4.99. The van der Waals surface area contributed by atoms with E-state index < -0.39 is 0 Å². The maximum absolute atomic E-state index is 12.3. The Morgan fingerprint density at radius 1 is 1.17 bits per heavy atom. The summed E-state index contributed by atoms with van der Waals surface area (Å²) in [6.07, 6.45) is 2.66. The number of amides is 1. The molecule has 0 saturated heterocycles. The van der Waals surface area contributed by atoms with Crippen LogP contribution >= 0.6 is 0 Å². The zero-order chi connectivity index (χ0) is 16.9. The zero-order valence-corrected chi connectivity index (χ0v) is 13.5. The van der Waals surface area contributed by atoms with Gasteiger partial charge in [-0.25, -0.2) is 0 Å². The molecule has 1 fully saturated rings. The summed E-state index contributed by atoms with van der Waals surface area (Å²) in [6, 6.07) is 7.44. The van der Waals surface area contributed by atoms with E-state index in [0.29, 0.717) is 43.2 Å². The van der Waals surface area contributed by atoms with E-state index in [9.17, 15) is 9.59 Å². The van der Waals surface area contributed by atoms with E-state index >= 15 is 0 Å². The first-order valence-electron chi connectivity index (χ1n) is 8.28. The quantitative estimate of drug-likeness (QED) is 0.718. The van der Waals surface area contributed by atoms with Crippen LogP contribution in [0.15, 0.2) is 18.2 Å². The highest BCUT2D eigenvalue weighted by Crippen LogP contribution is 2.31. The molecule has 1 aromatic carbocycles. The Labute approximate surface area is 141 Å². The monoisotopic (exact) mass is 328 g/mol. The highest BCUT2D eigenvalue weighted by Gasteiger charge is 2.32. The first-order chi connectivity index (χ1) is 11.7. The van der Waals surface area contributed by atoms with Crippen LogP contribution in [0.25, 0.3) is 0 Å². The number of benzene rings is 1. The fourth-order valence-corrected chi connectivity index (χ4v) is 2.79. The number of hydrogen-bond acceptors (Lipinski definition) is 5. The molecule has 3 rings (SSSR count). The van der Waals surface area contributed by atoms with Gasteiger partial charge in [0.05, 0.1) is 12.5 Å². The van der Waals surface area contributed by atoms with Crippen molar-refractivity contribution >= 4 is 11.7 Å². The van der Waals surface area contributed by atoms with E-state index in [1.54, 1.807) is 23.1 Å². The molecule has 0 radical (unpaired) electrons. The van der Waals surface area contributed by atoms with Crippen molar-refractivity contribution in [3.05, 3.63) is 23.8 Å². The second-order valence-electron chi connectivity index (χ2n) is 6.01. The first kappa shape index (κ1) is 16.3. The number of Topliss-reactive ketones (excluding diaryl/α,β-unsaturated/α-hetero) is 1. The fraction of sp³-hybridized carbons (Fsp3) is 0.500. The summed E-state index contributed by atoms with van der Waals surface area (Å²) < 4.78 is 10.9. The Morgan fingerprint density at radius 2 is 1.92 bits per heavy atom. The van der Waals surface area contributed by atoms with Gasteiger partial charge in [0.1, 0.15) is 13.2 Å². The van der Waals surface area contributed by atoms with Gasteiger partial charge in [-0.15, -0.1) is 0 Å². The van der Waals surface area contributed by atoms with E-state index in [4.69, 9.17) is 14.7 Å². The summed E-state index contributed by atoms with van der Waals surface area (Å²) in [5, 5.41) is 8.70. The number of carbonyl (C=O) groups is 2. The molecule has 1 saturated carbocycles. The number of nitriles is 1. The molecule has 0 spiro atoms. The van der Waals surface area contributed by atoms with Crippen molar-refractivity contribution < 1.29 is 19.1 Å². The molecule has 0 bridgehead atoms. The third-order valence-electron chi connectivity index (χ3n) is 4.20. The van der Waals surface area contributed by atoms with Gasteiger partial charge in [0, 0.05) is 31.0 Å². The van der Waals surface area contributed by atoms with Gasteiger partial charge < -0.3 is 14.4 Å². The standard InChI is InChI=1S/C18H20N2O4/c19-8-1-9-20(14-3-4-14)18(22)7-5-15(21)13-2-6-16-17(12-13)24-11-10-23-16/h2,6,12,14H,1,3-5,7,9-11H2. The lowest BCUT2D eigenvalue weighted by Gasteiger charge is -2.21. The highest BCUT2D eigenvalue weighted by atomic mass is 16.6. The van der Waals surface area contributed by atoms with E-state index in [1.807, 2.05) is 0 Å². The molecule has 0 atom stereocenters. The van der Waals surface area contributed by atoms with Crippen molar-refractivity contribution in [2.45, 2.75) is 38.1 Å². The van der Waals surface area contributed by atoms with Crippen LogP contribution in [0.5, 0.6) is 11.5 Å². The van der Waals surface area contributed by atoms with Gasteiger partial charge >= 0.3 is 0 Å². The van der Waals surface area contributed by atoms with Gasteiger partial charge in [0.25, 0.3) is 0 Å². The minimum absolute atomic E-state index is 0.0429. The largest absolute Gasteiger partial charge is 0.486 e. The molecule has 1 amide bonds. The Bertz CT molecular complexity index is 676. The lowest BCUT2D eigenvalue weighted by atomic mass is 10.1. The summed E-state index contributed by atoms with van der Waals surface area (Å²) in [5.74, 6) is 1.09. The molecular weight excluding hydrogens is 308 g/mol. The lowest BCUT2D eigenvalue weighted by Crippen LogP contribution is -2.34. The molecule has 2 aliphatic rings. The third kappa shape index (κ3) is 3.85. The van der Waals surface area contributed by atoms with Crippen molar-refractivity contribution in [2.24, 2.45) is 0 Å². The normalized spacial score (nSPS) is 15.5. The zero-order valence-electron chi connectivity index (χ0n) is 13.5. The molecule has 0 aromatic heterocycles. The number of carbonyl (C=O) groups excluding carboxylic acids is 2. The van der Waals surface area contributed by atoms with Crippen molar-refractivity contribution in [3.8, 4) is 17.6 Å². The smallest absolute Gasteiger partial charge is 0.223 e. The highest BCUT2D eigenvalue weighted by molar-refractivity contribution is 5.98. The number of ether oxygens (including phenoxy) is 2. The Morgan fingerprint density at radius 3 is 2.62 bits per heavy atom. The van der Waals surface area contributed by atoms with Crippen LogP contribution in [0.2, 0.25) is 0 Å². The number of ketones is 1. The average Bonchev–Trinajstić information content (AvgIpc) is 3.44. The minimum Gasteiger partial charge on any atom is -0.486 e. The van der Waals surface area contributed by atoms with E-state index in [0.717, 1.165) is 12.8 Å². The predicted octanol–water partition coefficient (Wildman–Crippen LogP) is 2.33. The van der Waals surface area contributed by atoms with Gasteiger partial charge in [0.2, 0.25) is 5.91 Å². The van der Waals surface area contributed by atoms with Gasteiger partial charge in [-0.2, -0.15) is 5.26 Å². The summed E-state index contributed by atoms with van der Waals surface area (Å²) in [5.41, 5.74) is 0.530. The second kappa shape index (κ2) is 7.35. The molecule has 126 valence electrons. The summed E-state index contributed by atoms with van der Waals surface area (Å²) in [7, 11) is 0. The van der Waals surface area contributed by atoms with Crippen LogP contribution in [-0.4, -0.2) is 42.4 Å². The first-order valence-corrected chi connectivity index (χ1v) is 8.28. The van der Waals surface area contributed by atoms with Crippen molar-refractivity contribution in [3.63, 3.8) is 0 Å². The maximum Gasteiger partial charge on any atom is 0.223 e. The van der Waals surface area contributed by atoms with Crippen molar-refractivity contribution in [2.75, 3.05) is 19.8 Å². The third-order valence-corrected chi connectivity index (χ3v) is 4.20. The second-order valence-corrected chi connectivity index (χ2v) is 6.01. The van der Waals surface area contributed by atoms with Gasteiger partial charge in [-0.1, -0.05) is 0 Å². The van der Waals surface area contributed by atoms with Crippen LogP contribution in [0, 0.1) is 11.3 Å². The molecule has 1 aromatic rings. The molecule has 6 nitrogen and oxygen atoms in total. The predicted molar refractivity (Wildman–Crippen MR) is 86.0 cm³/mol. The lowest BCUT2D eigenvalue weighted by molar-refractivity contribution is -0.131. The SMILES string of the molecule is N#CCCN(C(=O)CCC(=O)c1ccc2c(c1)OCCO2)C1CC1. The Balaban J connectivity index is 1.56. The molecule has 1 heterocycles. The van der Waals surface area contributed by atoms with Crippen molar-refractivity contribution in [1.82, 2.24) is 4.90 Å². The molecule has 0 unspecified atom stereocenters. The molecule has 24 heavy (non-hydrogen) atoms. The minimum atomic E-state index is -0.0867. The molecule has 0 N–H and O–H groups in total. The van der Waals surface area contributed by atoms with E-state index in [-0.39, 0.29) is 30.6 Å². The van der Waals surface area contributed by atoms with Crippen LogP contribution in [0.3, 0.4) is 0 Å². The number of fused-ring (bicyclic) bond motifs is 1. The van der Waals surface area contributed by atoms with Crippen LogP contribution < -0.4 is 9.47 Å². The molecule has 6 heteroatoms. The number of hydrogen-bond donors (Lipinski definition) is 0. The molecule has 1 aliphatic heterocycles. The van der Waals surface area contributed by atoms with E-state index in [2.05, 4.69) is 6.07 Å². The van der Waals surface area contributed by atoms with Gasteiger partial charge in [-0.3, -0.25) is 9.59 Å². The molecule has 1 aliphatic carbocycles. The summed E-state index contributed by atoms with van der Waals surface area (Å²) >= 11 is 0. The van der Waals surface area contributed by atoms with Crippen molar-refractivity contribution in [1.29, 1.82) is 5.26 Å². The summed E-state index contributed by atoms with van der Waals surface area (Å²) in [4.78, 5) is 26.4. The number of rotatable bonds is 7. The van der Waals surface area contributed by atoms with Gasteiger partial charge in [-0.05, 0) is 31.0 Å². The maximum atomic E-state index is 12.3. The van der Waals surface area contributed by atoms with Crippen LogP contribution in [-0.2, 0) is 4.79 Å². The van der Waals surface area contributed by atoms with Crippen LogP contribution in [0.1, 0.15) is 42.5 Å². The molecular formula is C18H20N2O4. The van der Waals surface area contributed by atoms with E-state index in [1.165, 1.54) is 0 Å². The van der Waals surface area contributed by atoms with Gasteiger partial charge in [0.15, 0.2) is 17.3 Å². The topological polar surface area (TPSA) is 79.6 Å². The fourth-order valence-electron chi connectivity index (χ4n) is 2.79.